The van der Waals surface area contributed by atoms with Crippen molar-refractivity contribution >= 4 is 39.5 Å². The van der Waals surface area contributed by atoms with Crippen LogP contribution in [-0.4, -0.2) is 96.7 Å². The number of phosphoric ester groups is 2. The van der Waals surface area contributed by atoms with Crippen LogP contribution in [0, 0.1) is 23.7 Å². The fraction of sp³-hybridized carbons (Fsp3) is 0.943. The zero-order valence-electron chi connectivity index (χ0n) is 58.1. The van der Waals surface area contributed by atoms with Gasteiger partial charge in [-0.25, -0.2) is 9.13 Å². The minimum absolute atomic E-state index is 0.104. The summed E-state index contributed by atoms with van der Waals surface area (Å²) < 4.78 is 68.3. The first-order valence-electron chi connectivity index (χ1n) is 36.2. The van der Waals surface area contributed by atoms with Gasteiger partial charge in [-0.3, -0.25) is 37.3 Å². The first-order valence-corrected chi connectivity index (χ1v) is 39.2. The molecule has 3 N–H and O–H groups in total. The predicted octanol–water partition coefficient (Wildman–Crippen LogP) is 19.7. The Morgan fingerprint density at radius 2 is 0.472 bits per heavy atom. The highest BCUT2D eigenvalue weighted by atomic mass is 31.2. The lowest BCUT2D eigenvalue weighted by atomic mass is 10.0. The molecular weight excluding hydrogens is 1170 g/mol. The number of aliphatic hydroxyl groups excluding tert-OH is 1. The van der Waals surface area contributed by atoms with Crippen molar-refractivity contribution in [3.05, 3.63) is 0 Å². The molecule has 0 amide bonds. The minimum atomic E-state index is -4.95. The average molecular weight is 1310 g/mol. The molecule has 89 heavy (non-hydrogen) atoms. The van der Waals surface area contributed by atoms with Crippen molar-refractivity contribution in [3.8, 4) is 0 Å². The van der Waals surface area contributed by atoms with Gasteiger partial charge in [0.15, 0.2) is 12.2 Å². The van der Waals surface area contributed by atoms with Gasteiger partial charge in [0.1, 0.15) is 19.3 Å². The Morgan fingerprint density at radius 3 is 0.697 bits per heavy atom. The van der Waals surface area contributed by atoms with Crippen LogP contribution in [0.5, 0.6) is 0 Å². The second-order valence-electron chi connectivity index (χ2n) is 27.2. The molecule has 0 aromatic carbocycles. The minimum Gasteiger partial charge on any atom is -0.462 e. The van der Waals surface area contributed by atoms with E-state index in [2.05, 4.69) is 55.4 Å². The molecule has 0 aromatic rings. The van der Waals surface area contributed by atoms with Gasteiger partial charge in [0.2, 0.25) is 0 Å². The van der Waals surface area contributed by atoms with Crippen LogP contribution < -0.4 is 0 Å². The van der Waals surface area contributed by atoms with Gasteiger partial charge in [-0.1, -0.05) is 293 Å². The maximum atomic E-state index is 13.0. The highest BCUT2D eigenvalue weighted by Crippen LogP contribution is 2.45. The summed E-state index contributed by atoms with van der Waals surface area (Å²) in [6.45, 7) is 14.1. The zero-order chi connectivity index (χ0) is 66.1. The van der Waals surface area contributed by atoms with Gasteiger partial charge >= 0.3 is 39.5 Å². The molecule has 0 heterocycles. The molecule has 0 saturated heterocycles. The van der Waals surface area contributed by atoms with Crippen molar-refractivity contribution in [1.29, 1.82) is 0 Å². The molecule has 0 aliphatic rings. The van der Waals surface area contributed by atoms with Gasteiger partial charge in [0.05, 0.1) is 26.4 Å². The van der Waals surface area contributed by atoms with Crippen LogP contribution in [-0.2, 0) is 65.4 Å². The van der Waals surface area contributed by atoms with Crippen molar-refractivity contribution in [2.75, 3.05) is 39.6 Å². The molecule has 0 radical (unpaired) electrons. The smallest absolute Gasteiger partial charge is 0.462 e. The van der Waals surface area contributed by atoms with E-state index in [-0.39, 0.29) is 25.7 Å². The molecule has 0 fully saturated rings. The summed E-state index contributed by atoms with van der Waals surface area (Å²) >= 11 is 0. The lowest BCUT2D eigenvalue weighted by molar-refractivity contribution is -0.161. The van der Waals surface area contributed by atoms with E-state index in [4.69, 9.17) is 37.0 Å². The lowest BCUT2D eigenvalue weighted by Gasteiger charge is -2.21. The van der Waals surface area contributed by atoms with E-state index in [0.29, 0.717) is 25.7 Å². The van der Waals surface area contributed by atoms with Gasteiger partial charge in [-0.2, -0.15) is 0 Å². The molecule has 0 aromatic heterocycles. The SMILES string of the molecule is CC(C)CCCCCCCCCCCCCC(=O)O[C@H](COC(=O)CCCCCCCCCCCC(C)C)COP(=O)(O)OCC(O)COP(=O)(O)OC[C@@H](COC(=O)CCCCCCCCCCC(C)C)OC(=O)CCCCCCCCCCCC(C)C. The number of carbonyl (C=O) groups is 4. The van der Waals surface area contributed by atoms with Gasteiger partial charge in [-0.05, 0) is 49.4 Å². The summed E-state index contributed by atoms with van der Waals surface area (Å²) in [6, 6.07) is 0. The van der Waals surface area contributed by atoms with E-state index in [1.165, 1.54) is 148 Å². The third-order valence-electron chi connectivity index (χ3n) is 16.1. The van der Waals surface area contributed by atoms with Gasteiger partial charge in [0, 0.05) is 25.7 Å². The number of aliphatic hydroxyl groups is 1. The Kier molecular flexibility index (Phi) is 58.5. The van der Waals surface area contributed by atoms with Crippen LogP contribution in [0.15, 0.2) is 0 Å². The van der Waals surface area contributed by atoms with E-state index in [1.807, 2.05) is 0 Å². The summed E-state index contributed by atoms with van der Waals surface area (Å²) in [6.07, 6.45) is 41.7. The molecule has 5 atom stereocenters. The summed E-state index contributed by atoms with van der Waals surface area (Å²) in [5, 5.41) is 10.6. The van der Waals surface area contributed by atoms with E-state index in [0.717, 1.165) is 114 Å². The Bertz CT molecular complexity index is 1760. The van der Waals surface area contributed by atoms with Crippen molar-refractivity contribution in [1.82, 2.24) is 0 Å². The normalized spacial score (nSPS) is 14.3. The maximum absolute atomic E-state index is 13.0. The van der Waals surface area contributed by atoms with Crippen molar-refractivity contribution < 1.29 is 80.2 Å². The lowest BCUT2D eigenvalue weighted by Crippen LogP contribution is -2.30. The fourth-order valence-electron chi connectivity index (χ4n) is 10.5. The van der Waals surface area contributed by atoms with Crippen LogP contribution in [0.1, 0.15) is 344 Å². The molecule has 19 heteroatoms. The van der Waals surface area contributed by atoms with E-state index in [1.54, 1.807) is 0 Å². The molecule has 0 aliphatic carbocycles. The molecule has 528 valence electrons. The largest absolute Gasteiger partial charge is 0.472 e. The van der Waals surface area contributed by atoms with Gasteiger partial charge in [0.25, 0.3) is 0 Å². The van der Waals surface area contributed by atoms with Crippen LogP contribution in [0.2, 0.25) is 0 Å². The number of esters is 4. The molecule has 0 aliphatic heterocycles. The number of hydrogen-bond acceptors (Lipinski definition) is 15. The molecule has 0 spiro atoms. The third-order valence-corrected chi connectivity index (χ3v) is 18.0. The fourth-order valence-corrected chi connectivity index (χ4v) is 12.1. The van der Waals surface area contributed by atoms with E-state index in [9.17, 15) is 43.2 Å². The Balaban J connectivity index is 5.27. The molecular formula is C70H136O17P2. The first-order chi connectivity index (χ1) is 42.6. The number of phosphoric acid groups is 2. The first kappa shape index (κ1) is 87.1. The van der Waals surface area contributed by atoms with Crippen LogP contribution in [0.4, 0.5) is 0 Å². The second-order valence-corrected chi connectivity index (χ2v) is 30.1. The molecule has 0 rings (SSSR count). The standard InChI is InChI=1S/C70H136O17P2/c1-60(2)46-38-30-22-14-10-9-11-17-28-36-44-52-69(74)86-65(56-80-67(72)50-42-34-26-18-12-15-23-31-39-47-61(3)4)58-84-88(76,77)82-54-64(71)55-83-89(78,79)85-59-66(57-81-68(73)51-43-35-27-21-20-25-33-41-49-63(7)8)87-70(75)53-45-37-29-19-13-16-24-32-40-48-62(5)6/h60-66,71H,9-59H2,1-8H3,(H,76,77)(H,78,79)/t64?,65-,66-/m1/s1. The van der Waals surface area contributed by atoms with Gasteiger partial charge in [-0.15, -0.1) is 0 Å². The number of hydrogen-bond donors (Lipinski definition) is 3. The van der Waals surface area contributed by atoms with Gasteiger partial charge < -0.3 is 33.8 Å². The third kappa shape index (κ3) is 64.6. The average Bonchev–Trinajstić information content (AvgIpc) is 3.68. The maximum Gasteiger partial charge on any atom is 0.472 e. The summed E-state index contributed by atoms with van der Waals surface area (Å²) in [5.74, 6) is 0.842. The van der Waals surface area contributed by atoms with E-state index >= 15 is 0 Å². The van der Waals surface area contributed by atoms with Crippen LogP contribution in [0.25, 0.3) is 0 Å². The molecule has 17 nitrogen and oxygen atoms in total. The summed E-state index contributed by atoms with van der Waals surface area (Å²) in [5.41, 5.74) is 0. The summed E-state index contributed by atoms with van der Waals surface area (Å²) in [7, 11) is -9.90. The zero-order valence-corrected chi connectivity index (χ0v) is 59.8. The second kappa shape index (κ2) is 59.8. The Hall–Kier alpha value is -1.94. The Labute approximate surface area is 543 Å². The molecule has 0 bridgehead atoms. The van der Waals surface area contributed by atoms with Crippen molar-refractivity contribution in [2.24, 2.45) is 23.7 Å². The van der Waals surface area contributed by atoms with Crippen LogP contribution in [0.3, 0.4) is 0 Å². The topological polar surface area (TPSA) is 237 Å². The van der Waals surface area contributed by atoms with Crippen molar-refractivity contribution in [3.63, 3.8) is 0 Å². The highest BCUT2D eigenvalue weighted by molar-refractivity contribution is 7.47. The monoisotopic (exact) mass is 1310 g/mol. The molecule has 3 unspecified atom stereocenters. The Morgan fingerprint density at radius 1 is 0.281 bits per heavy atom. The highest BCUT2D eigenvalue weighted by Gasteiger charge is 2.30. The number of carbonyl (C=O) groups excluding carboxylic acids is 4. The summed E-state index contributed by atoms with van der Waals surface area (Å²) in [4.78, 5) is 72.5. The van der Waals surface area contributed by atoms with Crippen LogP contribution >= 0.6 is 15.6 Å². The quantitative estimate of drug-likeness (QED) is 0.0222. The number of unbranched alkanes of at least 4 members (excludes halogenated alkanes) is 33. The number of ether oxygens (including phenoxy) is 4. The molecule has 0 saturated carbocycles. The van der Waals surface area contributed by atoms with Crippen molar-refractivity contribution in [2.45, 2.75) is 363 Å². The van der Waals surface area contributed by atoms with E-state index < -0.39 is 97.5 Å². The predicted molar refractivity (Wildman–Crippen MR) is 358 cm³/mol. The number of rotatable bonds is 67.